The van der Waals surface area contributed by atoms with Crippen LogP contribution in [0.2, 0.25) is 0 Å². The van der Waals surface area contributed by atoms with E-state index in [1.807, 2.05) is 38.1 Å². The Hall–Kier alpha value is -3.48. The van der Waals surface area contributed by atoms with E-state index in [2.05, 4.69) is 15.4 Å². The molecule has 1 aromatic heterocycles. The zero-order chi connectivity index (χ0) is 19.2. The van der Waals surface area contributed by atoms with Crippen LogP contribution < -0.4 is 15.7 Å². The zero-order valence-electron chi connectivity index (χ0n) is 15.2. The Kier molecular flexibility index (Phi) is 5.61. The molecule has 0 aliphatic carbocycles. The molecule has 7 heteroatoms. The average molecular weight is 364 g/mol. The number of benzene rings is 2. The molecule has 1 amide bonds. The first kappa shape index (κ1) is 18.3. The molecule has 1 heterocycles. The summed E-state index contributed by atoms with van der Waals surface area (Å²) in [7, 11) is 0. The van der Waals surface area contributed by atoms with E-state index >= 15 is 0 Å². The van der Waals surface area contributed by atoms with Gasteiger partial charge in [0.15, 0.2) is 0 Å². The molecule has 0 unspecified atom stereocenters. The molecule has 0 radical (unpaired) electrons. The lowest BCUT2D eigenvalue weighted by molar-refractivity contribution is -0.117. The number of nitrogens with one attached hydrogen (secondary N) is 1. The molecule has 0 spiro atoms. The van der Waals surface area contributed by atoms with Crippen molar-refractivity contribution < 1.29 is 9.53 Å². The van der Waals surface area contributed by atoms with Gasteiger partial charge in [-0.2, -0.15) is 10.1 Å². The lowest BCUT2D eigenvalue weighted by Crippen LogP contribution is -2.31. The summed E-state index contributed by atoms with van der Waals surface area (Å²) >= 11 is 0. The van der Waals surface area contributed by atoms with Crippen molar-refractivity contribution in [3.8, 4) is 17.0 Å². The minimum absolute atomic E-state index is 0.215. The fourth-order valence-electron chi connectivity index (χ4n) is 2.47. The first-order chi connectivity index (χ1) is 13.0. The molecule has 0 fully saturated rings. The van der Waals surface area contributed by atoms with E-state index in [9.17, 15) is 9.59 Å². The highest BCUT2D eigenvalue weighted by atomic mass is 16.5. The molecule has 2 aromatic carbocycles. The summed E-state index contributed by atoms with van der Waals surface area (Å²) in [5.74, 6) is 0.364. The molecule has 0 saturated carbocycles. The van der Waals surface area contributed by atoms with E-state index in [4.69, 9.17) is 4.74 Å². The molecule has 138 valence electrons. The van der Waals surface area contributed by atoms with Crippen LogP contribution in [0, 0.1) is 6.92 Å². The van der Waals surface area contributed by atoms with Gasteiger partial charge in [0, 0.05) is 11.3 Å². The number of amides is 1. The van der Waals surface area contributed by atoms with Crippen LogP contribution in [0.1, 0.15) is 12.5 Å². The van der Waals surface area contributed by atoms with Crippen LogP contribution in [0.5, 0.6) is 5.75 Å². The van der Waals surface area contributed by atoms with Crippen molar-refractivity contribution in [3.63, 3.8) is 0 Å². The maximum absolute atomic E-state index is 12.2. The molecule has 3 rings (SSSR count). The molecule has 1 N–H and O–H groups in total. The second kappa shape index (κ2) is 8.27. The van der Waals surface area contributed by atoms with Crippen molar-refractivity contribution in [2.75, 3.05) is 11.9 Å². The number of ether oxygens (including phenoxy) is 1. The molecule has 0 atom stereocenters. The predicted octanol–water partition coefficient (Wildman–Crippen LogP) is 2.65. The largest absolute Gasteiger partial charge is 0.494 e. The quantitative estimate of drug-likeness (QED) is 0.727. The first-order valence-electron chi connectivity index (χ1n) is 8.59. The number of nitrogens with zero attached hydrogens (tertiary/aromatic N) is 3. The summed E-state index contributed by atoms with van der Waals surface area (Å²) in [6.07, 6.45) is 1.48. The highest BCUT2D eigenvalue weighted by molar-refractivity contribution is 5.90. The smallest absolute Gasteiger partial charge is 0.365 e. The normalized spacial score (nSPS) is 10.4. The van der Waals surface area contributed by atoms with Gasteiger partial charge in [-0.3, -0.25) is 4.79 Å². The number of rotatable bonds is 6. The molecule has 0 saturated heterocycles. The number of anilines is 1. The Bertz CT molecular complexity index is 979. The zero-order valence-corrected chi connectivity index (χ0v) is 15.2. The van der Waals surface area contributed by atoms with Crippen LogP contribution in [0.4, 0.5) is 5.69 Å². The van der Waals surface area contributed by atoms with Gasteiger partial charge in [-0.05, 0) is 38.1 Å². The molecule has 27 heavy (non-hydrogen) atoms. The van der Waals surface area contributed by atoms with Crippen molar-refractivity contribution in [2.24, 2.45) is 0 Å². The topological polar surface area (TPSA) is 86.1 Å². The van der Waals surface area contributed by atoms with E-state index in [1.54, 1.807) is 24.3 Å². The van der Waals surface area contributed by atoms with Crippen LogP contribution >= 0.6 is 0 Å². The predicted molar refractivity (Wildman–Crippen MR) is 103 cm³/mol. The van der Waals surface area contributed by atoms with Crippen molar-refractivity contribution in [2.45, 2.75) is 20.4 Å². The maximum atomic E-state index is 12.2. The third kappa shape index (κ3) is 4.78. The molecule has 0 bridgehead atoms. The van der Waals surface area contributed by atoms with Crippen LogP contribution in [0.3, 0.4) is 0 Å². The van der Waals surface area contributed by atoms with Gasteiger partial charge < -0.3 is 10.1 Å². The standard InChI is InChI=1S/C20H20N4O3/c1-3-27-17-10-8-16(9-11-17)22-19(25)13-24-20(26)23-18(12-21-24)15-6-4-14(2)5-7-15/h4-12H,3,13H2,1-2H3,(H,22,25). The van der Waals surface area contributed by atoms with Gasteiger partial charge in [0.1, 0.15) is 12.3 Å². The van der Waals surface area contributed by atoms with Crippen LogP contribution in [0.25, 0.3) is 11.3 Å². The molecule has 3 aromatic rings. The third-order valence-corrected chi connectivity index (χ3v) is 3.85. The number of aryl methyl sites for hydroxylation is 1. The Morgan fingerprint density at radius 1 is 1.11 bits per heavy atom. The van der Waals surface area contributed by atoms with Crippen LogP contribution in [-0.2, 0) is 11.3 Å². The van der Waals surface area contributed by atoms with Gasteiger partial charge in [-0.1, -0.05) is 29.8 Å². The van der Waals surface area contributed by atoms with E-state index in [-0.39, 0.29) is 12.5 Å². The van der Waals surface area contributed by atoms with Crippen molar-refractivity contribution in [1.29, 1.82) is 0 Å². The van der Waals surface area contributed by atoms with E-state index in [1.165, 1.54) is 6.20 Å². The molecule has 0 aliphatic rings. The fraction of sp³-hybridized carbons (Fsp3) is 0.200. The van der Waals surface area contributed by atoms with Crippen molar-refractivity contribution >= 4 is 11.6 Å². The van der Waals surface area contributed by atoms with Gasteiger partial charge in [0.25, 0.3) is 0 Å². The minimum Gasteiger partial charge on any atom is -0.494 e. The Balaban J connectivity index is 1.67. The molecular formula is C20H20N4O3. The summed E-state index contributed by atoms with van der Waals surface area (Å²) in [4.78, 5) is 28.4. The summed E-state index contributed by atoms with van der Waals surface area (Å²) in [6, 6.07) is 14.6. The summed E-state index contributed by atoms with van der Waals surface area (Å²) in [5.41, 5.74) is 2.43. The van der Waals surface area contributed by atoms with Crippen molar-refractivity contribution in [1.82, 2.24) is 14.8 Å². The highest BCUT2D eigenvalue weighted by Crippen LogP contribution is 2.16. The number of hydrogen-bond donors (Lipinski definition) is 1. The van der Waals surface area contributed by atoms with E-state index in [0.717, 1.165) is 21.6 Å². The lowest BCUT2D eigenvalue weighted by atomic mass is 10.1. The SMILES string of the molecule is CCOc1ccc(NC(=O)Cn2ncc(-c3ccc(C)cc3)nc2=O)cc1. The number of carbonyl (C=O) groups excluding carboxylic acids is 1. The van der Waals surface area contributed by atoms with Gasteiger partial charge in [0.05, 0.1) is 18.5 Å². The number of aromatic nitrogens is 3. The number of carbonyl (C=O) groups is 1. The maximum Gasteiger partial charge on any atom is 0.365 e. The summed E-state index contributed by atoms with van der Waals surface area (Å²) in [5, 5.41) is 6.78. The van der Waals surface area contributed by atoms with Crippen LogP contribution in [0.15, 0.2) is 59.5 Å². The Labute approximate surface area is 156 Å². The van der Waals surface area contributed by atoms with E-state index in [0.29, 0.717) is 18.0 Å². The molecule has 7 nitrogen and oxygen atoms in total. The third-order valence-electron chi connectivity index (χ3n) is 3.85. The second-order valence-electron chi connectivity index (χ2n) is 5.95. The first-order valence-corrected chi connectivity index (χ1v) is 8.59. The molecule has 0 aliphatic heterocycles. The average Bonchev–Trinajstić information content (AvgIpc) is 2.66. The molecular weight excluding hydrogens is 344 g/mol. The fourth-order valence-corrected chi connectivity index (χ4v) is 2.47. The van der Waals surface area contributed by atoms with Gasteiger partial charge in [-0.15, -0.1) is 0 Å². The summed E-state index contributed by atoms with van der Waals surface area (Å²) < 4.78 is 6.38. The van der Waals surface area contributed by atoms with Crippen LogP contribution in [-0.4, -0.2) is 27.3 Å². The summed E-state index contributed by atoms with van der Waals surface area (Å²) in [6.45, 7) is 4.24. The van der Waals surface area contributed by atoms with Gasteiger partial charge in [0.2, 0.25) is 5.91 Å². The van der Waals surface area contributed by atoms with Crippen molar-refractivity contribution in [3.05, 3.63) is 70.8 Å². The highest BCUT2D eigenvalue weighted by Gasteiger charge is 2.09. The monoisotopic (exact) mass is 364 g/mol. The number of hydrogen-bond acceptors (Lipinski definition) is 5. The Morgan fingerprint density at radius 3 is 2.44 bits per heavy atom. The van der Waals surface area contributed by atoms with Gasteiger partial charge in [-0.25, -0.2) is 9.48 Å². The van der Waals surface area contributed by atoms with E-state index < -0.39 is 5.69 Å². The minimum atomic E-state index is -0.574. The second-order valence-corrected chi connectivity index (χ2v) is 5.95. The van der Waals surface area contributed by atoms with Gasteiger partial charge >= 0.3 is 5.69 Å². The lowest BCUT2D eigenvalue weighted by Gasteiger charge is -2.08. The Morgan fingerprint density at radius 2 is 1.81 bits per heavy atom.